The lowest BCUT2D eigenvalue weighted by Gasteiger charge is -2.34. The van der Waals surface area contributed by atoms with Crippen molar-refractivity contribution in [3.8, 4) is 0 Å². The summed E-state index contributed by atoms with van der Waals surface area (Å²) in [5.41, 5.74) is 1.69. The molecule has 1 saturated heterocycles. The van der Waals surface area contributed by atoms with E-state index in [2.05, 4.69) is 25.2 Å². The smallest absolute Gasteiger partial charge is 0.252 e. The van der Waals surface area contributed by atoms with Gasteiger partial charge in [-0.3, -0.25) is 4.79 Å². The van der Waals surface area contributed by atoms with E-state index in [4.69, 9.17) is 0 Å². The molecule has 2 aromatic carbocycles. The van der Waals surface area contributed by atoms with Crippen LogP contribution in [-0.4, -0.2) is 38.3 Å². The van der Waals surface area contributed by atoms with Crippen molar-refractivity contribution in [1.82, 2.24) is 9.62 Å². The van der Waals surface area contributed by atoms with Crippen molar-refractivity contribution < 1.29 is 17.6 Å². The molecule has 194 valence electrons. The van der Waals surface area contributed by atoms with Crippen LogP contribution in [0.2, 0.25) is 0 Å². The number of hydrogen-bond donors (Lipinski definition) is 1. The van der Waals surface area contributed by atoms with Crippen LogP contribution in [0.3, 0.4) is 0 Å². The summed E-state index contributed by atoms with van der Waals surface area (Å²) in [7, 11) is -3.73. The summed E-state index contributed by atoms with van der Waals surface area (Å²) in [6.45, 7) is 5.61. The van der Waals surface area contributed by atoms with Crippen LogP contribution >= 0.6 is 11.8 Å². The van der Waals surface area contributed by atoms with E-state index in [0.29, 0.717) is 30.1 Å². The van der Waals surface area contributed by atoms with E-state index >= 15 is 0 Å². The fraction of sp³-hybridized carbons (Fsp3) is 0.464. The van der Waals surface area contributed by atoms with E-state index in [-0.39, 0.29) is 28.5 Å². The summed E-state index contributed by atoms with van der Waals surface area (Å²) in [4.78, 5) is 14.8. The van der Waals surface area contributed by atoms with Gasteiger partial charge in [0.2, 0.25) is 10.0 Å². The van der Waals surface area contributed by atoms with Gasteiger partial charge in [-0.2, -0.15) is 4.31 Å². The Balaban J connectivity index is 1.59. The van der Waals surface area contributed by atoms with Crippen LogP contribution in [0.4, 0.5) is 4.39 Å². The maximum atomic E-state index is 13.5. The Bertz CT molecular complexity index is 1200. The highest BCUT2D eigenvalue weighted by molar-refractivity contribution is 7.99. The second kappa shape index (κ2) is 11.9. The van der Waals surface area contributed by atoms with Crippen molar-refractivity contribution in [1.29, 1.82) is 0 Å². The van der Waals surface area contributed by atoms with Crippen LogP contribution in [0.25, 0.3) is 0 Å². The molecule has 1 amide bonds. The Morgan fingerprint density at radius 3 is 2.47 bits per heavy atom. The quantitative estimate of drug-likeness (QED) is 0.409. The Hall–Kier alpha value is -2.16. The number of amides is 1. The van der Waals surface area contributed by atoms with Crippen molar-refractivity contribution in [2.75, 3.05) is 19.6 Å². The third-order valence-corrected chi connectivity index (χ3v) is 9.74. The predicted octanol–water partition coefficient (Wildman–Crippen LogP) is 6.26. The van der Waals surface area contributed by atoms with Gasteiger partial charge in [-0.05, 0) is 92.8 Å². The topological polar surface area (TPSA) is 66.5 Å². The first-order chi connectivity index (χ1) is 17.2. The molecule has 1 aliphatic heterocycles. The second-order valence-corrected chi connectivity index (χ2v) is 13.1. The van der Waals surface area contributed by atoms with Crippen LogP contribution in [0.15, 0.2) is 68.8 Å². The van der Waals surface area contributed by atoms with Gasteiger partial charge in [0.25, 0.3) is 5.91 Å². The van der Waals surface area contributed by atoms with Gasteiger partial charge in [0.1, 0.15) is 5.82 Å². The van der Waals surface area contributed by atoms with Gasteiger partial charge in [-0.25, -0.2) is 12.8 Å². The number of carbonyl (C=O) groups is 1. The normalized spacial score (nSPS) is 21.1. The van der Waals surface area contributed by atoms with E-state index < -0.39 is 10.0 Å². The van der Waals surface area contributed by atoms with Gasteiger partial charge in [-0.1, -0.05) is 37.3 Å². The molecule has 1 N–H and O–H groups in total. The van der Waals surface area contributed by atoms with Crippen LogP contribution in [0.5, 0.6) is 0 Å². The Morgan fingerprint density at radius 2 is 1.81 bits per heavy atom. The highest BCUT2D eigenvalue weighted by Crippen LogP contribution is 2.34. The first-order valence-corrected chi connectivity index (χ1v) is 15.0. The number of nitrogens with zero attached hydrogens (tertiary/aromatic N) is 1. The molecule has 36 heavy (non-hydrogen) atoms. The third-order valence-electron chi connectivity index (χ3n) is 6.83. The molecule has 1 heterocycles. The zero-order valence-corrected chi connectivity index (χ0v) is 22.6. The lowest BCUT2D eigenvalue weighted by Crippen LogP contribution is -2.42. The maximum absolute atomic E-state index is 13.5. The first-order valence-electron chi connectivity index (χ1n) is 12.8. The molecule has 1 fully saturated rings. The van der Waals surface area contributed by atoms with Crippen molar-refractivity contribution in [2.24, 2.45) is 11.8 Å². The molecule has 2 atom stereocenters. The minimum atomic E-state index is -3.73. The molecule has 8 heteroatoms. The first kappa shape index (κ1) is 26.9. The zero-order valence-electron chi connectivity index (χ0n) is 21.0. The number of sulfonamides is 1. The minimum absolute atomic E-state index is 0.132. The average molecular weight is 531 g/mol. The molecule has 0 spiro atoms. The standard InChI is InChI=1S/C28H35FN2O3S2/c1-20-16-21(2)19-31(18-20)36(33,34)25-12-13-27(35-24-10-8-23(29)9-11-24)26(17-25)28(32)30-15-14-22-6-4-3-5-7-22/h6,8-13,17,20-21H,3-5,7,14-16,18-19H2,1-2H3,(H,30,32)/t20-,21+. The predicted molar refractivity (Wildman–Crippen MR) is 142 cm³/mol. The number of allylic oxidation sites excluding steroid dienone is 1. The average Bonchev–Trinajstić information content (AvgIpc) is 2.85. The summed E-state index contributed by atoms with van der Waals surface area (Å²) in [6, 6.07) is 10.8. The summed E-state index contributed by atoms with van der Waals surface area (Å²) in [5, 5.41) is 2.99. The zero-order chi connectivity index (χ0) is 25.7. The van der Waals surface area contributed by atoms with Gasteiger partial charge in [-0.15, -0.1) is 0 Å². The van der Waals surface area contributed by atoms with Crippen LogP contribution in [0.1, 0.15) is 62.7 Å². The second-order valence-electron chi connectivity index (χ2n) is 10.1. The van der Waals surface area contributed by atoms with E-state index in [1.54, 1.807) is 28.6 Å². The number of piperidine rings is 1. The van der Waals surface area contributed by atoms with E-state index in [1.807, 2.05) is 0 Å². The van der Waals surface area contributed by atoms with Crippen LogP contribution in [0, 0.1) is 17.7 Å². The van der Waals surface area contributed by atoms with E-state index in [9.17, 15) is 17.6 Å². The van der Waals surface area contributed by atoms with Gasteiger partial charge in [0.15, 0.2) is 0 Å². The summed E-state index contributed by atoms with van der Waals surface area (Å²) in [5.74, 6) is -0.0587. The Kier molecular flexibility index (Phi) is 8.91. The molecule has 0 unspecified atom stereocenters. The summed E-state index contributed by atoms with van der Waals surface area (Å²) >= 11 is 1.32. The number of hydrogen-bond acceptors (Lipinski definition) is 4. The van der Waals surface area contributed by atoms with Gasteiger partial charge in [0, 0.05) is 29.4 Å². The van der Waals surface area contributed by atoms with Crippen molar-refractivity contribution in [2.45, 2.75) is 67.1 Å². The third kappa shape index (κ3) is 6.78. The molecule has 5 nitrogen and oxygen atoms in total. The minimum Gasteiger partial charge on any atom is -0.352 e. The fourth-order valence-electron chi connectivity index (χ4n) is 5.08. The van der Waals surface area contributed by atoms with Gasteiger partial charge >= 0.3 is 0 Å². The molecular weight excluding hydrogens is 495 g/mol. The fourth-order valence-corrected chi connectivity index (χ4v) is 7.71. The lowest BCUT2D eigenvalue weighted by molar-refractivity contribution is 0.0951. The molecule has 4 rings (SSSR count). The number of nitrogens with one attached hydrogen (secondary N) is 1. The lowest BCUT2D eigenvalue weighted by atomic mass is 9.94. The number of halogens is 1. The SMILES string of the molecule is C[C@@H]1C[C@H](C)CN(S(=O)(=O)c2ccc(Sc3ccc(F)cc3)c(C(=O)NCCC3=CCCCC3)c2)C1. The number of rotatable bonds is 8. The van der Waals surface area contributed by atoms with Gasteiger partial charge < -0.3 is 5.32 Å². The van der Waals surface area contributed by atoms with Crippen molar-refractivity contribution in [3.05, 3.63) is 65.5 Å². The van der Waals surface area contributed by atoms with Crippen molar-refractivity contribution >= 4 is 27.7 Å². The number of carbonyl (C=O) groups excluding carboxylic acids is 1. The molecule has 0 aromatic heterocycles. The van der Waals surface area contributed by atoms with Gasteiger partial charge in [0.05, 0.1) is 10.5 Å². The molecule has 0 radical (unpaired) electrons. The monoisotopic (exact) mass is 530 g/mol. The summed E-state index contributed by atoms with van der Waals surface area (Å²) in [6.07, 6.45) is 8.63. The Labute approximate surface area is 218 Å². The van der Waals surface area contributed by atoms with Crippen molar-refractivity contribution in [3.63, 3.8) is 0 Å². The molecule has 1 aliphatic carbocycles. The Morgan fingerprint density at radius 1 is 1.08 bits per heavy atom. The molecule has 0 bridgehead atoms. The highest BCUT2D eigenvalue weighted by Gasteiger charge is 2.32. The molecule has 0 saturated carbocycles. The largest absolute Gasteiger partial charge is 0.352 e. The van der Waals surface area contributed by atoms with E-state index in [0.717, 1.165) is 30.6 Å². The van der Waals surface area contributed by atoms with E-state index in [1.165, 1.54) is 48.4 Å². The molecule has 2 aliphatic rings. The number of benzene rings is 2. The molecular formula is C28H35FN2O3S2. The maximum Gasteiger partial charge on any atom is 0.252 e. The van der Waals surface area contributed by atoms with Crippen LogP contribution < -0.4 is 5.32 Å². The molecule has 2 aromatic rings. The highest BCUT2D eigenvalue weighted by atomic mass is 32.2. The summed E-state index contributed by atoms with van der Waals surface area (Å²) < 4.78 is 42.0. The van der Waals surface area contributed by atoms with Crippen LogP contribution in [-0.2, 0) is 10.0 Å².